The lowest BCUT2D eigenvalue weighted by Gasteiger charge is -2.35. The fourth-order valence-corrected chi connectivity index (χ4v) is 2.06. The van der Waals surface area contributed by atoms with Gasteiger partial charge in [0.25, 0.3) is 0 Å². The fraction of sp³-hybridized carbons (Fsp3) is 0.500. The van der Waals surface area contributed by atoms with Crippen LogP contribution in [0.25, 0.3) is 0 Å². The van der Waals surface area contributed by atoms with Crippen LogP contribution in [0.2, 0.25) is 0 Å². The third-order valence-corrected chi connectivity index (χ3v) is 3.52. The Balaban J connectivity index is 0.00000106. The molecule has 0 N–H and O–H groups in total. The molecule has 0 bridgehead atoms. The zero-order valence-corrected chi connectivity index (χ0v) is 13.8. The maximum Gasteiger partial charge on any atom is 0.208 e. The minimum Gasteiger partial charge on any atom is -0.490 e. The summed E-state index contributed by atoms with van der Waals surface area (Å²) in [6.07, 6.45) is 4.08. The van der Waals surface area contributed by atoms with Crippen LogP contribution in [0.15, 0.2) is 35.2 Å². The van der Waals surface area contributed by atoms with Gasteiger partial charge in [-0.1, -0.05) is 19.9 Å². The molecule has 116 valence electrons. The Morgan fingerprint density at radius 3 is 2.38 bits per heavy atom. The SMILES string of the molecule is C=N/C(=C\C)OC1CC(Oc2ccc(C)c(C)c2)C1.CC. The number of allylic oxidation sites excluding steroid dienone is 1. The standard InChI is InChI=1S/C16H21NO2.C2H6/c1-5-16(17-4)19-15-9-14(10-15)18-13-7-6-11(2)12(3)8-13;1-2/h5-8,14-15H,4,9-10H2,1-3H3;1-2H3/b16-5+;. The van der Waals surface area contributed by atoms with Gasteiger partial charge in [-0.05, 0) is 56.8 Å². The van der Waals surface area contributed by atoms with Gasteiger partial charge in [-0.3, -0.25) is 0 Å². The Bertz CT molecular complexity index is 488. The fourth-order valence-electron chi connectivity index (χ4n) is 2.06. The van der Waals surface area contributed by atoms with Gasteiger partial charge in [-0.25, -0.2) is 4.99 Å². The summed E-state index contributed by atoms with van der Waals surface area (Å²) in [4.78, 5) is 3.81. The van der Waals surface area contributed by atoms with Gasteiger partial charge in [-0.15, -0.1) is 0 Å². The van der Waals surface area contributed by atoms with E-state index in [0.29, 0.717) is 5.88 Å². The number of aryl methyl sites for hydroxylation is 2. The Morgan fingerprint density at radius 2 is 1.86 bits per heavy atom. The van der Waals surface area contributed by atoms with Crippen LogP contribution in [0.4, 0.5) is 0 Å². The van der Waals surface area contributed by atoms with Crippen LogP contribution >= 0.6 is 0 Å². The molecular formula is C18H27NO2. The van der Waals surface area contributed by atoms with Crippen molar-refractivity contribution in [3.05, 3.63) is 41.3 Å². The highest BCUT2D eigenvalue weighted by molar-refractivity contribution is 5.34. The second-order valence-corrected chi connectivity index (χ2v) is 4.98. The lowest BCUT2D eigenvalue weighted by atomic mass is 9.92. The van der Waals surface area contributed by atoms with E-state index in [1.165, 1.54) is 11.1 Å². The van der Waals surface area contributed by atoms with E-state index in [9.17, 15) is 0 Å². The predicted molar refractivity (Wildman–Crippen MR) is 89.1 cm³/mol. The van der Waals surface area contributed by atoms with Crippen molar-refractivity contribution in [1.82, 2.24) is 0 Å². The summed E-state index contributed by atoms with van der Waals surface area (Å²) in [6.45, 7) is 13.6. The van der Waals surface area contributed by atoms with Crippen molar-refractivity contribution in [3.8, 4) is 5.75 Å². The molecule has 3 nitrogen and oxygen atoms in total. The first-order valence-corrected chi connectivity index (χ1v) is 7.66. The van der Waals surface area contributed by atoms with Crippen LogP contribution in [0.1, 0.15) is 44.7 Å². The van der Waals surface area contributed by atoms with Crippen molar-refractivity contribution in [1.29, 1.82) is 0 Å². The van der Waals surface area contributed by atoms with Crippen molar-refractivity contribution >= 4 is 6.72 Å². The molecule has 0 heterocycles. The monoisotopic (exact) mass is 289 g/mol. The maximum atomic E-state index is 5.92. The van der Waals surface area contributed by atoms with Gasteiger partial charge >= 0.3 is 0 Å². The molecule has 1 saturated carbocycles. The van der Waals surface area contributed by atoms with Crippen molar-refractivity contribution in [2.24, 2.45) is 4.99 Å². The van der Waals surface area contributed by atoms with Crippen LogP contribution in [0.3, 0.4) is 0 Å². The summed E-state index contributed by atoms with van der Waals surface area (Å²) in [5.74, 6) is 1.55. The van der Waals surface area contributed by atoms with Gasteiger partial charge in [0, 0.05) is 12.8 Å². The molecule has 0 aromatic heterocycles. The van der Waals surface area contributed by atoms with E-state index < -0.39 is 0 Å². The van der Waals surface area contributed by atoms with Crippen LogP contribution in [-0.4, -0.2) is 18.9 Å². The molecule has 1 aromatic rings. The number of ether oxygens (including phenoxy) is 2. The molecule has 0 saturated heterocycles. The third kappa shape index (κ3) is 4.92. The number of hydrogen-bond acceptors (Lipinski definition) is 3. The molecule has 0 unspecified atom stereocenters. The predicted octanol–water partition coefficient (Wildman–Crippen LogP) is 4.82. The molecule has 0 radical (unpaired) electrons. The van der Waals surface area contributed by atoms with E-state index in [0.717, 1.165) is 18.6 Å². The summed E-state index contributed by atoms with van der Waals surface area (Å²) in [5, 5.41) is 0. The molecule has 1 aliphatic carbocycles. The second kappa shape index (κ2) is 8.50. The number of aliphatic imine (C=N–C) groups is 1. The quantitative estimate of drug-likeness (QED) is 0.575. The first-order valence-electron chi connectivity index (χ1n) is 7.66. The van der Waals surface area contributed by atoms with Gasteiger partial charge in [0.2, 0.25) is 5.88 Å². The van der Waals surface area contributed by atoms with Gasteiger partial charge in [0.15, 0.2) is 0 Å². The topological polar surface area (TPSA) is 30.8 Å². The zero-order valence-electron chi connectivity index (χ0n) is 13.8. The summed E-state index contributed by atoms with van der Waals surface area (Å²) in [6, 6.07) is 6.21. The molecule has 1 aliphatic rings. The minimum absolute atomic E-state index is 0.202. The number of rotatable bonds is 5. The summed E-state index contributed by atoms with van der Waals surface area (Å²) >= 11 is 0. The van der Waals surface area contributed by atoms with Crippen molar-refractivity contribution in [3.63, 3.8) is 0 Å². The van der Waals surface area contributed by atoms with Crippen LogP contribution in [0.5, 0.6) is 5.75 Å². The average Bonchev–Trinajstić information content (AvgIpc) is 2.47. The molecule has 0 atom stereocenters. The zero-order chi connectivity index (χ0) is 15.8. The molecule has 0 aliphatic heterocycles. The van der Waals surface area contributed by atoms with Crippen LogP contribution < -0.4 is 4.74 Å². The van der Waals surface area contributed by atoms with E-state index >= 15 is 0 Å². The average molecular weight is 289 g/mol. The van der Waals surface area contributed by atoms with E-state index in [2.05, 4.69) is 37.7 Å². The maximum absolute atomic E-state index is 5.92. The van der Waals surface area contributed by atoms with Gasteiger partial charge in [0.1, 0.15) is 18.0 Å². The van der Waals surface area contributed by atoms with Gasteiger partial charge < -0.3 is 9.47 Å². The first-order chi connectivity index (χ1) is 10.1. The normalized spacial score (nSPS) is 20.7. The molecule has 0 spiro atoms. The number of nitrogens with zero attached hydrogens (tertiary/aromatic N) is 1. The van der Waals surface area contributed by atoms with E-state index in [-0.39, 0.29) is 12.2 Å². The molecule has 0 amide bonds. The van der Waals surface area contributed by atoms with Gasteiger partial charge in [0.05, 0.1) is 0 Å². The molecule has 21 heavy (non-hydrogen) atoms. The molecular weight excluding hydrogens is 262 g/mol. The van der Waals surface area contributed by atoms with E-state index in [1.807, 2.05) is 32.9 Å². The van der Waals surface area contributed by atoms with Gasteiger partial charge in [-0.2, -0.15) is 0 Å². The Labute approximate surface area is 128 Å². The molecule has 3 heteroatoms. The highest BCUT2D eigenvalue weighted by Gasteiger charge is 2.33. The Morgan fingerprint density at radius 1 is 1.19 bits per heavy atom. The largest absolute Gasteiger partial charge is 0.490 e. The first kappa shape index (κ1) is 17.3. The minimum atomic E-state index is 0.202. The van der Waals surface area contributed by atoms with Crippen molar-refractivity contribution in [2.45, 2.75) is 59.7 Å². The number of hydrogen-bond donors (Lipinski definition) is 0. The molecule has 1 aromatic carbocycles. The summed E-state index contributed by atoms with van der Waals surface area (Å²) < 4.78 is 11.6. The van der Waals surface area contributed by atoms with Crippen molar-refractivity contribution < 1.29 is 9.47 Å². The van der Waals surface area contributed by atoms with Crippen LogP contribution in [0, 0.1) is 13.8 Å². The Kier molecular flexibility index (Phi) is 7.00. The highest BCUT2D eigenvalue weighted by Crippen LogP contribution is 2.30. The molecule has 1 fully saturated rings. The van der Waals surface area contributed by atoms with Crippen molar-refractivity contribution in [2.75, 3.05) is 0 Å². The third-order valence-electron chi connectivity index (χ3n) is 3.52. The lowest BCUT2D eigenvalue weighted by molar-refractivity contribution is -0.0316. The Hall–Kier alpha value is -1.77. The van der Waals surface area contributed by atoms with E-state index in [4.69, 9.17) is 9.47 Å². The summed E-state index contributed by atoms with van der Waals surface area (Å²) in [7, 11) is 0. The highest BCUT2D eigenvalue weighted by atomic mass is 16.5. The lowest BCUT2D eigenvalue weighted by Crippen LogP contribution is -2.39. The second-order valence-electron chi connectivity index (χ2n) is 4.98. The van der Waals surface area contributed by atoms with Crippen LogP contribution in [-0.2, 0) is 4.74 Å². The van der Waals surface area contributed by atoms with E-state index in [1.54, 1.807) is 0 Å². The summed E-state index contributed by atoms with van der Waals surface area (Å²) in [5.41, 5.74) is 2.55. The molecule has 2 rings (SSSR count). The smallest absolute Gasteiger partial charge is 0.208 e. The number of benzene rings is 1.